The molecule has 0 radical (unpaired) electrons. The Morgan fingerprint density at radius 3 is 2.83 bits per heavy atom. The lowest BCUT2D eigenvalue weighted by Crippen LogP contribution is -2.14. The SMILES string of the molecule is CC=C(C=CCc1ccnc(O)c1C(N)=O)CC. The molecule has 18 heavy (non-hydrogen) atoms. The Morgan fingerprint density at radius 1 is 1.56 bits per heavy atom. The van der Waals surface area contributed by atoms with Gasteiger partial charge in [-0.1, -0.05) is 30.7 Å². The normalized spacial score (nSPS) is 12.0. The molecule has 96 valence electrons. The second-order valence-electron chi connectivity index (χ2n) is 3.86. The number of rotatable bonds is 5. The van der Waals surface area contributed by atoms with Crippen molar-refractivity contribution in [3.63, 3.8) is 0 Å². The third-order valence-electron chi connectivity index (χ3n) is 2.71. The molecule has 0 unspecified atom stereocenters. The van der Waals surface area contributed by atoms with Crippen molar-refractivity contribution in [2.45, 2.75) is 26.7 Å². The lowest BCUT2D eigenvalue weighted by atomic mass is 10.0. The van der Waals surface area contributed by atoms with E-state index in [9.17, 15) is 9.90 Å². The fourth-order valence-corrected chi connectivity index (χ4v) is 1.68. The summed E-state index contributed by atoms with van der Waals surface area (Å²) in [5.41, 5.74) is 7.22. The van der Waals surface area contributed by atoms with Crippen LogP contribution < -0.4 is 5.73 Å². The molecule has 0 spiro atoms. The number of hydrogen-bond acceptors (Lipinski definition) is 3. The van der Waals surface area contributed by atoms with E-state index in [4.69, 9.17) is 5.73 Å². The molecule has 0 saturated carbocycles. The Labute approximate surface area is 107 Å². The van der Waals surface area contributed by atoms with Crippen LogP contribution in [0.3, 0.4) is 0 Å². The van der Waals surface area contributed by atoms with Crippen LogP contribution in [0.1, 0.15) is 36.2 Å². The molecule has 0 bridgehead atoms. The van der Waals surface area contributed by atoms with Gasteiger partial charge < -0.3 is 10.8 Å². The summed E-state index contributed by atoms with van der Waals surface area (Å²) in [5, 5.41) is 9.52. The predicted molar refractivity (Wildman–Crippen MR) is 71.3 cm³/mol. The molecule has 0 aliphatic heterocycles. The van der Waals surface area contributed by atoms with E-state index in [0.29, 0.717) is 12.0 Å². The number of aromatic hydroxyl groups is 1. The van der Waals surface area contributed by atoms with Crippen LogP contribution in [0.5, 0.6) is 5.88 Å². The van der Waals surface area contributed by atoms with Gasteiger partial charge in [0.25, 0.3) is 5.91 Å². The molecule has 4 heteroatoms. The monoisotopic (exact) mass is 246 g/mol. The highest BCUT2D eigenvalue weighted by atomic mass is 16.3. The fourth-order valence-electron chi connectivity index (χ4n) is 1.68. The average Bonchev–Trinajstić information content (AvgIpc) is 2.34. The van der Waals surface area contributed by atoms with Crippen molar-refractivity contribution in [3.8, 4) is 5.88 Å². The zero-order valence-corrected chi connectivity index (χ0v) is 10.7. The van der Waals surface area contributed by atoms with Gasteiger partial charge in [-0.3, -0.25) is 4.79 Å². The molecular weight excluding hydrogens is 228 g/mol. The fraction of sp³-hybridized carbons (Fsp3) is 0.286. The van der Waals surface area contributed by atoms with Crippen molar-refractivity contribution in [1.29, 1.82) is 0 Å². The summed E-state index contributed by atoms with van der Waals surface area (Å²) >= 11 is 0. The molecule has 4 nitrogen and oxygen atoms in total. The summed E-state index contributed by atoms with van der Waals surface area (Å²) in [4.78, 5) is 14.9. The minimum Gasteiger partial charge on any atom is -0.493 e. The van der Waals surface area contributed by atoms with Gasteiger partial charge in [0.05, 0.1) is 0 Å². The number of carbonyl (C=O) groups excluding carboxylic acids is 1. The maximum atomic E-state index is 11.2. The Bertz CT molecular complexity index is 491. The van der Waals surface area contributed by atoms with Crippen LogP contribution >= 0.6 is 0 Å². The Kier molecular flexibility index (Phi) is 5.11. The van der Waals surface area contributed by atoms with Crippen molar-refractivity contribution < 1.29 is 9.90 Å². The molecule has 0 atom stereocenters. The average molecular weight is 246 g/mol. The van der Waals surface area contributed by atoms with Gasteiger partial charge in [-0.2, -0.15) is 0 Å². The number of amides is 1. The quantitative estimate of drug-likeness (QED) is 0.783. The smallest absolute Gasteiger partial charge is 0.254 e. The molecule has 0 fully saturated rings. The van der Waals surface area contributed by atoms with Crippen molar-refractivity contribution in [1.82, 2.24) is 4.98 Å². The van der Waals surface area contributed by atoms with Gasteiger partial charge >= 0.3 is 0 Å². The van der Waals surface area contributed by atoms with E-state index in [1.165, 1.54) is 11.8 Å². The highest BCUT2D eigenvalue weighted by Gasteiger charge is 2.13. The molecular formula is C14H18N2O2. The van der Waals surface area contributed by atoms with E-state index in [0.717, 1.165) is 6.42 Å². The molecule has 1 heterocycles. The van der Waals surface area contributed by atoms with Crippen molar-refractivity contribution >= 4 is 5.91 Å². The Morgan fingerprint density at radius 2 is 2.28 bits per heavy atom. The van der Waals surface area contributed by atoms with Gasteiger partial charge in [0.15, 0.2) is 0 Å². The summed E-state index contributed by atoms with van der Waals surface area (Å²) in [6, 6.07) is 1.69. The first-order valence-electron chi connectivity index (χ1n) is 5.88. The number of hydrogen-bond donors (Lipinski definition) is 2. The number of aromatic nitrogens is 1. The summed E-state index contributed by atoms with van der Waals surface area (Å²) in [5.74, 6) is -0.971. The molecule has 3 N–H and O–H groups in total. The van der Waals surface area contributed by atoms with Crippen molar-refractivity contribution in [2.75, 3.05) is 0 Å². The minimum absolute atomic E-state index is 0.0978. The van der Waals surface area contributed by atoms with Gasteiger partial charge in [0, 0.05) is 6.20 Å². The maximum Gasteiger partial charge on any atom is 0.254 e. The molecule has 1 aromatic heterocycles. The van der Waals surface area contributed by atoms with Crippen LogP contribution in [-0.4, -0.2) is 16.0 Å². The van der Waals surface area contributed by atoms with Gasteiger partial charge in [-0.05, 0) is 31.4 Å². The topological polar surface area (TPSA) is 76.2 Å². The number of pyridine rings is 1. The molecule has 0 saturated heterocycles. The van der Waals surface area contributed by atoms with Gasteiger partial charge in [0.1, 0.15) is 5.56 Å². The third kappa shape index (κ3) is 3.45. The minimum atomic E-state index is -0.661. The molecule has 1 aromatic rings. The van der Waals surface area contributed by atoms with E-state index in [1.807, 2.05) is 25.2 Å². The summed E-state index contributed by atoms with van der Waals surface area (Å²) < 4.78 is 0. The number of carbonyl (C=O) groups is 1. The summed E-state index contributed by atoms with van der Waals surface area (Å²) in [6.45, 7) is 4.06. The predicted octanol–water partition coefficient (Wildman–Crippen LogP) is 2.34. The first-order valence-corrected chi connectivity index (χ1v) is 5.88. The number of primary amides is 1. The van der Waals surface area contributed by atoms with Crippen molar-refractivity contribution in [2.24, 2.45) is 5.73 Å². The Balaban J connectivity index is 2.92. The second-order valence-corrected chi connectivity index (χ2v) is 3.86. The van der Waals surface area contributed by atoms with E-state index in [2.05, 4.69) is 11.9 Å². The van der Waals surface area contributed by atoms with E-state index >= 15 is 0 Å². The highest BCUT2D eigenvalue weighted by molar-refractivity contribution is 5.96. The molecule has 0 aromatic carbocycles. The van der Waals surface area contributed by atoms with Crippen LogP contribution in [0.25, 0.3) is 0 Å². The maximum absolute atomic E-state index is 11.2. The standard InChI is InChI=1S/C14H18N2O2/c1-3-10(4-2)6-5-7-11-8-9-16-14(18)12(11)13(15)17/h3,5-6,8-9H,4,7H2,1-2H3,(H2,15,17)(H,16,18). The Hall–Kier alpha value is -2.10. The van der Waals surface area contributed by atoms with Crippen LogP contribution in [0.15, 0.2) is 36.1 Å². The zero-order chi connectivity index (χ0) is 13.5. The molecule has 1 rings (SSSR count). The van der Waals surface area contributed by atoms with Crippen LogP contribution in [0.4, 0.5) is 0 Å². The zero-order valence-electron chi connectivity index (χ0n) is 10.7. The van der Waals surface area contributed by atoms with Crippen LogP contribution in [0.2, 0.25) is 0 Å². The third-order valence-corrected chi connectivity index (χ3v) is 2.71. The van der Waals surface area contributed by atoms with Crippen LogP contribution in [0, 0.1) is 0 Å². The number of nitrogens with two attached hydrogens (primary N) is 1. The first-order chi connectivity index (χ1) is 8.60. The highest BCUT2D eigenvalue weighted by Crippen LogP contribution is 2.18. The van der Waals surface area contributed by atoms with Gasteiger partial charge in [-0.15, -0.1) is 0 Å². The summed E-state index contributed by atoms with van der Waals surface area (Å²) in [7, 11) is 0. The van der Waals surface area contributed by atoms with Crippen molar-refractivity contribution in [3.05, 3.63) is 47.2 Å². The van der Waals surface area contributed by atoms with E-state index in [1.54, 1.807) is 6.07 Å². The van der Waals surface area contributed by atoms with E-state index in [-0.39, 0.29) is 11.4 Å². The molecule has 1 amide bonds. The van der Waals surface area contributed by atoms with Gasteiger partial charge in [0.2, 0.25) is 5.88 Å². The lowest BCUT2D eigenvalue weighted by molar-refractivity contribution is 0.0996. The van der Waals surface area contributed by atoms with Gasteiger partial charge in [-0.25, -0.2) is 4.98 Å². The molecule has 0 aliphatic rings. The van der Waals surface area contributed by atoms with Crippen LogP contribution in [-0.2, 0) is 6.42 Å². The number of nitrogens with zero attached hydrogens (tertiary/aromatic N) is 1. The summed E-state index contributed by atoms with van der Waals surface area (Å²) in [6.07, 6.45) is 8.93. The second kappa shape index (κ2) is 6.59. The largest absolute Gasteiger partial charge is 0.493 e. The lowest BCUT2D eigenvalue weighted by Gasteiger charge is -2.05. The number of allylic oxidation sites excluding steroid dienone is 4. The molecule has 0 aliphatic carbocycles. The first kappa shape index (κ1) is 14.0. The van der Waals surface area contributed by atoms with E-state index < -0.39 is 5.91 Å².